The van der Waals surface area contributed by atoms with E-state index in [0.717, 1.165) is 52.3 Å². The number of fused-ring (bicyclic) bond motifs is 2. The van der Waals surface area contributed by atoms with E-state index in [2.05, 4.69) is 24.1 Å². The van der Waals surface area contributed by atoms with Gasteiger partial charge in [0, 0.05) is 47.4 Å². The molecule has 258 valence electrons. The number of thioether (sulfide) groups is 1. The number of hydrogen-bond acceptors (Lipinski definition) is 11. The highest BCUT2D eigenvalue weighted by Crippen LogP contribution is 2.54. The standard InChI is InChI=1S/C35H33N5O8S2/c1-4-37(5-2)23-13-9-20(10-14-23)27-28-29(32(43)39(31(28)42)24-15-17-25(18-16-24)40(46)47)49-33-30(27)50-35(45)38(33)19-26(41)36-22-11-7-21(8-12-22)34(44)48-6-3/h7-18,27-29H,4-6,19H2,1-3H3,(H,36,41). The van der Waals surface area contributed by atoms with E-state index in [1.165, 1.54) is 41.0 Å². The lowest BCUT2D eigenvalue weighted by Gasteiger charge is -2.31. The first kappa shape index (κ1) is 34.6. The smallest absolute Gasteiger partial charge is 0.338 e. The number of carbonyl (C=O) groups excluding carboxylic acids is 4. The molecule has 50 heavy (non-hydrogen) atoms. The van der Waals surface area contributed by atoms with Crippen molar-refractivity contribution in [2.45, 2.75) is 43.5 Å². The van der Waals surface area contributed by atoms with Crippen molar-refractivity contribution in [2.24, 2.45) is 5.92 Å². The first-order valence-electron chi connectivity index (χ1n) is 16.0. The molecule has 1 N–H and O–H groups in total. The van der Waals surface area contributed by atoms with Gasteiger partial charge in [0.15, 0.2) is 0 Å². The molecule has 3 atom stereocenters. The second-order valence-electron chi connectivity index (χ2n) is 11.6. The number of nitrogens with one attached hydrogen (secondary N) is 1. The van der Waals surface area contributed by atoms with E-state index in [1.54, 1.807) is 19.1 Å². The van der Waals surface area contributed by atoms with Crippen molar-refractivity contribution in [3.05, 3.63) is 109 Å². The third-order valence-electron chi connectivity index (χ3n) is 8.73. The Kier molecular flexibility index (Phi) is 9.88. The number of thiazole rings is 1. The molecular weight excluding hydrogens is 683 g/mol. The van der Waals surface area contributed by atoms with Crippen molar-refractivity contribution in [3.63, 3.8) is 0 Å². The van der Waals surface area contributed by atoms with Gasteiger partial charge >= 0.3 is 10.8 Å². The maximum Gasteiger partial charge on any atom is 0.338 e. The summed E-state index contributed by atoms with van der Waals surface area (Å²) in [6, 6.07) is 19.1. The molecule has 15 heteroatoms. The Labute approximate surface area is 295 Å². The fraction of sp³-hybridized carbons (Fsp3) is 0.286. The molecular formula is C35H33N5O8S2. The van der Waals surface area contributed by atoms with Crippen LogP contribution < -0.4 is 20.0 Å². The fourth-order valence-electron chi connectivity index (χ4n) is 6.32. The molecule has 3 heterocycles. The predicted molar refractivity (Wildman–Crippen MR) is 190 cm³/mol. The number of imide groups is 1. The van der Waals surface area contributed by atoms with E-state index in [1.807, 2.05) is 24.3 Å². The molecule has 2 aliphatic rings. The molecule has 0 aliphatic carbocycles. The van der Waals surface area contributed by atoms with Crippen LogP contribution >= 0.6 is 23.1 Å². The number of nitro benzene ring substituents is 1. The number of nitrogens with zero attached hydrogens (tertiary/aromatic N) is 4. The van der Waals surface area contributed by atoms with E-state index in [-0.39, 0.29) is 24.5 Å². The average molecular weight is 716 g/mol. The first-order valence-corrected chi connectivity index (χ1v) is 17.7. The molecule has 0 bridgehead atoms. The zero-order valence-electron chi connectivity index (χ0n) is 27.4. The van der Waals surface area contributed by atoms with Crippen LogP contribution in [0.25, 0.3) is 0 Å². The van der Waals surface area contributed by atoms with Crippen LogP contribution in [0.3, 0.4) is 0 Å². The van der Waals surface area contributed by atoms with E-state index in [4.69, 9.17) is 4.74 Å². The highest BCUT2D eigenvalue weighted by atomic mass is 32.2. The van der Waals surface area contributed by atoms with Crippen molar-refractivity contribution >= 4 is 69.5 Å². The number of non-ortho nitro benzene ring substituents is 1. The number of ether oxygens (including phenoxy) is 1. The number of anilines is 3. The van der Waals surface area contributed by atoms with Crippen LogP contribution in [0.1, 0.15) is 47.5 Å². The lowest BCUT2D eigenvalue weighted by atomic mass is 9.83. The van der Waals surface area contributed by atoms with Crippen molar-refractivity contribution in [3.8, 4) is 0 Å². The van der Waals surface area contributed by atoms with Gasteiger partial charge < -0.3 is 15.0 Å². The SMILES string of the molecule is CCOC(=O)c1ccc(NC(=O)Cn2c3c(sc2=O)C(c2ccc(N(CC)CC)cc2)C2C(=O)N(c4ccc([N+](=O)[O-])cc4)C(=O)C2S3)cc1. The third-order valence-corrected chi connectivity index (χ3v) is 11.3. The summed E-state index contributed by atoms with van der Waals surface area (Å²) in [5.41, 5.74) is 2.50. The number of esters is 1. The molecule has 3 aromatic carbocycles. The van der Waals surface area contributed by atoms with Crippen LogP contribution in [0.5, 0.6) is 0 Å². The molecule has 0 radical (unpaired) electrons. The number of hydrogen-bond donors (Lipinski definition) is 1. The number of rotatable bonds is 11. The highest BCUT2D eigenvalue weighted by molar-refractivity contribution is 8.00. The lowest BCUT2D eigenvalue weighted by Crippen LogP contribution is -2.33. The van der Waals surface area contributed by atoms with Gasteiger partial charge in [-0.25, -0.2) is 9.69 Å². The van der Waals surface area contributed by atoms with Crippen LogP contribution in [-0.4, -0.2) is 58.1 Å². The molecule has 13 nitrogen and oxygen atoms in total. The molecule has 6 rings (SSSR count). The molecule has 1 saturated heterocycles. The van der Waals surface area contributed by atoms with Gasteiger partial charge in [0.05, 0.1) is 33.7 Å². The lowest BCUT2D eigenvalue weighted by molar-refractivity contribution is -0.384. The monoisotopic (exact) mass is 715 g/mol. The van der Waals surface area contributed by atoms with Crippen molar-refractivity contribution in [1.29, 1.82) is 0 Å². The largest absolute Gasteiger partial charge is 0.462 e. The topological polar surface area (TPSA) is 161 Å². The maximum atomic E-state index is 14.2. The maximum absolute atomic E-state index is 14.2. The summed E-state index contributed by atoms with van der Waals surface area (Å²) >= 11 is 2.02. The van der Waals surface area contributed by atoms with Gasteiger partial charge in [-0.1, -0.05) is 35.2 Å². The number of benzene rings is 3. The summed E-state index contributed by atoms with van der Waals surface area (Å²) in [5, 5.41) is 13.5. The summed E-state index contributed by atoms with van der Waals surface area (Å²) in [6.45, 7) is 7.28. The van der Waals surface area contributed by atoms with Crippen LogP contribution in [0.4, 0.5) is 22.7 Å². The third kappa shape index (κ3) is 6.41. The van der Waals surface area contributed by atoms with Gasteiger partial charge in [-0.05, 0) is 74.9 Å². The Hall–Kier alpha value is -5.28. The Morgan fingerprint density at radius 1 is 0.920 bits per heavy atom. The minimum absolute atomic E-state index is 0.176. The van der Waals surface area contributed by atoms with Gasteiger partial charge in [0.2, 0.25) is 17.7 Å². The van der Waals surface area contributed by atoms with Crippen molar-refractivity contribution < 1.29 is 28.8 Å². The molecule has 4 aromatic rings. The molecule has 0 saturated carbocycles. The summed E-state index contributed by atoms with van der Waals surface area (Å²) in [7, 11) is 0. The molecule has 0 spiro atoms. The quantitative estimate of drug-likeness (QED) is 0.0937. The number of nitro groups is 1. The molecule has 3 unspecified atom stereocenters. The van der Waals surface area contributed by atoms with Crippen LogP contribution in [-0.2, 0) is 25.7 Å². The van der Waals surface area contributed by atoms with Crippen LogP contribution in [0, 0.1) is 16.0 Å². The molecule has 2 aliphatic heterocycles. The van der Waals surface area contributed by atoms with E-state index >= 15 is 0 Å². The second-order valence-corrected chi connectivity index (χ2v) is 13.7. The van der Waals surface area contributed by atoms with Gasteiger partial charge in [0.25, 0.3) is 5.69 Å². The zero-order chi connectivity index (χ0) is 35.7. The van der Waals surface area contributed by atoms with Crippen LogP contribution in [0.15, 0.2) is 82.6 Å². The molecule has 1 fully saturated rings. The summed E-state index contributed by atoms with van der Waals surface area (Å²) in [4.78, 5) is 81.1. The van der Waals surface area contributed by atoms with Gasteiger partial charge in [-0.3, -0.25) is 33.9 Å². The summed E-state index contributed by atoms with van der Waals surface area (Å²) in [6.07, 6.45) is 0. The minimum Gasteiger partial charge on any atom is -0.462 e. The zero-order valence-corrected chi connectivity index (χ0v) is 29.0. The summed E-state index contributed by atoms with van der Waals surface area (Å²) < 4.78 is 6.33. The Bertz CT molecular complexity index is 2020. The van der Waals surface area contributed by atoms with E-state index in [0.29, 0.717) is 21.2 Å². The summed E-state index contributed by atoms with van der Waals surface area (Å²) in [5.74, 6) is -3.50. The Morgan fingerprint density at radius 2 is 1.58 bits per heavy atom. The number of aromatic nitrogens is 1. The minimum atomic E-state index is -0.920. The first-order chi connectivity index (χ1) is 24.1. The van der Waals surface area contributed by atoms with Gasteiger partial charge in [0.1, 0.15) is 11.8 Å². The van der Waals surface area contributed by atoms with Gasteiger partial charge in [-0.2, -0.15) is 0 Å². The second kappa shape index (κ2) is 14.3. The number of carbonyl (C=O) groups is 4. The normalized spacial score (nSPS) is 18.0. The van der Waals surface area contributed by atoms with E-state index in [9.17, 15) is 34.1 Å². The Morgan fingerprint density at radius 3 is 2.18 bits per heavy atom. The predicted octanol–water partition coefficient (Wildman–Crippen LogP) is 5.28. The van der Waals surface area contributed by atoms with Crippen molar-refractivity contribution in [2.75, 3.05) is 34.8 Å². The van der Waals surface area contributed by atoms with Crippen LogP contribution in [0.2, 0.25) is 0 Å². The average Bonchev–Trinajstić information content (AvgIpc) is 3.55. The number of amides is 3. The van der Waals surface area contributed by atoms with Crippen molar-refractivity contribution in [1.82, 2.24) is 4.57 Å². The fourth-order valence-corrected chi connectivity index (χ4v) is 9.09. The molecule has 3 amide bonds. The Balaban J connectivity index is 1.35. The highest BCUT2D eigenvalue weighted by Gasteiger charge is 2.57. The van der Waals surface area contributed by atoms with Gasteiger partial charge in [-0.15, -0.1) is 0 Å². The van der Waals surface area contributed by atoms with E-state index < -0.39 is 50.6 Å². The molecule has 1 aromatic heterocycles.